The molecule has 0 aliphatic carbocycles. The second-order valence-electron chi connectivity index (χ2n) is 19.8. The van der Waals surface area contributed by atoms with Crippen molar-refractivity contribution in [2.24, 2.45) is 0 Å². The van der Waals surface area contributed by atoms with Crippen molar-refractivity contribution in [3.05, 3.63) is 143 Å². The average Bonchev–Trinajstić information content (AvgIpc) is 3.29. The van der Waals surface area contributed by atoms with Gasteiger partial charge in [0, 0.05) is 19.0 Å². The summed E-state index contributed by atoms with van der Waals surface area (Å²) in [4.78, 5) is 41.7. The van der Waals surface area contributed by atoms with Gasteiger partial charge in [0.2, 0.25) is 0 Å². The van der Waals surface area contributed by atoms with E-state index in [4.69, 9.17) is 19.7 Å². The largest absolute Gasteiger partial charge is 0 e. The Balaban J connectivity index is -0.000000103. The van der Waals surface area contributed by atoms with E-state index in [1.54, 1.807) is 26.0 Å². The zero-order valence-electron chi connectivity index (χ0n) is 50.9. The summed E-state index contributed by atoms with van der Waals surface area (Å²) in [7, 11) is 0. The first-order valence-corrected chi connectivity index (χ1v) is 27.0. The van der Waals surface area contributed by atoms with Crippen LogP contribution < -0.4 is 0 Å². The molecule has 0 saturated carbocycles. The predicted octanol–water partition coefficient (Wildman–Crippen LogP) is 17.5. The Bertz CT molecular complexity index is 1640. The molecule has 0 spiro atoms. The molecule has 0 radical (unpaired) electrons. The van der Waals surface area contributed by atoms with Gasteiger partial charge in [0.15, 0.2) is 0 Å². The van der Waals surface area contributed by atoms with Crippen LogP contribution in [-0.2, 0) is 28.7 Å². The van der Waals surface area contributed by atoms with Crippen molar-refractivity contribution in [2.45, 2.75) is 233 Å². The van der Waals surface area contributed by atoms with E-state index < -0.39 is 0 Å². The quantitative estimate of drug-likeness (QED) is 0.0214. The number of esters is 2. The van der Waals surface area contributed by atoms with Gasteiger partial charge in [-0.05, 0) is 223 Å². The molecule has 10 heteroatoms. The van der Waals surface area contributed by atoms with Crippen LogP contribution >= 0.6 is 0 Å². The van der Waals surface area contributed by atoms with Crippen LogP contribution in [0.4, 0.5) is 0 Å². The molecule has 0 atom stereocenters. The smallest absolute Gasteiger partial charge is 0 e. The van der Waals surface area contributed by atoms with E-state index in [2.05, 4.69) is 67.2 Å². The van der Waals surface area contributed by atoms with Gasteiger partial charge in [-0.3, -0.25) is 19.2 Å². The van der Waals surface area contributed by atoms with Gasteiger partial charge in [-0.2, -0.15) is 0 Å². The van der Waals surface area contributed by atoms with Gasteiger partial charge in [-0.15, -0.1) is 39.5 Å². The van der Waals surface area contributed by atoms with Gasteiger partial charge in [0.25, 0.3) is 0 Å². The Kier molecular flexibility index (Phi) is 83.0. The fourth-order valence-corrected chi connectivity index (χ4v) is 5.89. The minimum Gasteiger partial charge on any atom is 0 e. The summed E-state index contributed by atoms with van der Waals surface area (Å²) in [6.45, 7) is 52.2. The molecule has 0 aromatic carbocycles. The number of aliphatic hydroxyl groups excluding tert-OH is 2. The van der Waals surface area contributed by atoms with Crippen molar-refractivity contribution in [2.75, 3.05) is 26.4 Å². The third-order valence-electron chi connectivity index (χ3n) is 10.6. The molecule has 0 aromatic heterocycles. The predicted molar refractivity (Wildman–Crippen MR) is 341 cm³/mol. The van der Waals surface area contributed by atoms with Crippen LogP contribution in [0.5, 0.6) is 0 Å². The Morgan fingerprint density at radius 1 is 0.377 bits per heavy atom. The van der Waals surface area contributed by atoms with Gasteiger partial charge in [0.05, 0.1) is 13.2 Å². The zero-order chi connectivity index (χ0) is 58.1. The number of rotatable bonds is 34. The molecular formula is C67H120GeHeO8. The maximum atomic E-state index is 10.8. The van der Waals surface area contributed by atoms with Crippen LogP contribution in [0.15, 0.2) is 143 Å². The normalized spacial score (nSPS) is 11.0. The van der Waals surface area contributed by atoms with Crippen molar-refractivity contribution < 1.29 is 45.0 Å². The van der Waals surface area contributed by atoms with E-state index >= 15 is 0 Å². The number of carbonyl (C=O) groups is 4. The fourth-order valence-electron chi connectivity index (χ4n) is 5.89. The van der Waals surface area contributed by atoms with Crippen LogP contribution in [-0.4, -0.2) is 78.7 Å². The van der Waals surface area contributed by atoms with Crippen molar-refractivity contribution in [3.63, 3.8) is 0 Å². The molecule has 8 nitrogen and oxygen atoms in total. The Morgan fingerprint density at radius 3 is 0.740 bits per heavy atom. The number of ether oxygens (including phenoxy) is 2. The van der Waals surface area contributed by atoms with Crippen LogP contribution in [0.3, 0.4) is 0 Å². The van der Waals surface area contributed by atoms with Gasteiger partial charge in [-0.25, -0.2) is 0 Å². The standard InChI is InChI=1S/2C13H22O2.2C10H18O.2C10H16O.CH4.GeH4.He/c2*1-5-13(14)15-10-9-12(4)8-6-7-11(2)3;4*1-9(2)5-4-6-10(3)7-8-11;;;/h2*9H,2,5-8,10H2,1,3-4H3;2*7,11H,1,4-6,8H2,2-3H3;2*7-8H,1,4-6H2,2-3H3;2*1H4;/b12-9+;12-9-;10-7+;10-7-;10-7+;10-7-;;;. The minimum absolute atomic E-state index is 0. The first-order valence-electron chi connectivity index (χ1n) is 27.0. The molecule has 0 aliphatic rings. The van der Waals surface area contributed by atoms with E-state index in [0.29, 0.717) is 26.1 Å². The summed E-state index contributed by atoms with van der Waals surface area (Å²) >= 11 is 0. The van der Waals surface area contributed by atoms with Crippen molar-refractivity contribution in [1.29, 1.82) is 0 Å². The van der Waals surface area contributed by atoms with Gasteiger partial charge in [-0.1, -0.05) is 100 Å². The van der Waals surface area contributed by atoms with E-state index in [1.807, 2.05) is 79.7 Å². The van der Waals surface area contributed by atoms with Crippen LogP contribution in [0.25, 0.3) is 0 Å². The molecule has 0 amide bonds. The third kappa shape index (κ3) is 97.6. The summed E-state index contributed by atoms with van der Waals surface area (Å²) < 4.78 is 9.91. The number of carbonyl (C=O) groups excluding carboxylic acids is 4. The zero-order valence-corrected chi connectivity index (χ0v) is 50.9. The average molecular weight is 1130 g/mol. The minimum atomic E-state index is -0.138. The van der Waals surface area contributed by atoms with Crippen molar-refractivity contribution in [3.8, 4) is 0 Å². The van der Waals surface area contributed by atoms with E-state index in [9.17, 15) is 19.2 Å². The Morgan fingerprint density at radius 2 is 0.571 bits per heavy atom. The second-order valence-corrected chi connectivity index (χ2v) is 19.8. The first-order chi connectivity index (χ1) is 34.8. The maximum Gasteiger partial charge on any atom is 0 e. The number of hydrogen-bond donors (Lipinski definition) is 2. The van der Waals surface area contributed by atoms with Gasteiger partial charge < -0.3 is 19.7 Å². The molecule has 442 valence electrons. The Hall–Kier alpha value is -4.47. The molecule has 0 aliphatic heterocycles. The second kappa shape index (κ2) is 69.5. The molecular weight excluding hydrogens is 1010 g/mol. The summed E-state index contributed by atoms with van der Waals surface area (Å²) in [6, 6.07) is 0. The maximum absolute atomic E-state index is 10.8. The Labute approximate surface area is 486 Å². The molecule has 0 fully saturated rings. The van der Waals surface area contributed by atoms with E-state index in [-0.39, 0.29) is 56.3 Å². The molecule has 0 heterocycles. The molecule has 0 rings (SSSR count). The molecule has 0 aromatic rings. The third-order valence-corrected chi connectivity index (χ3v) is 10.6. The number of aldehydes is 2. The summed E-state index contributed by atoms with van der Waals surface area (Å²) in [5.74, 6) is -0.276. The van der Waals surface area contributed by atoms with Gasteiger partial charge >= 0.3 is 29.5 Å². The molecule has 0 bridgehead atoms. The summed E-state index contributed by atoms with van der Waals surface area (Å²) in [6.07, 6.45) is 33.0. The fraction of sp³-hybridized carbons (Fsp3) is 0.582. The summed E-state index contributed by atoms with van der Waals surface area (Å²) in [5.41, 5.74) is 14.8. The topological polar surface area (TPSA) is 127 Å². The summed E-state index contributed by atoms with van der Waals surface area (Å²) in [5, 5.41) is 17.1. The molecule has 0 saturated heterocycles. The van der Waals surface area contributed by atoms with E-state index in [0.717, 1.165) is 139 Å². The molecule has 77 heavy (non-hydrogen) atoms. The van der Waals surface area contributed by atoms with Crippen LogP contribution in [0.1, 0.15) is 233 Å². The SMILES string of the molecule is C.C=C(C)CCC/C(C)=C/C=O.C=C(C)CCC/C(C)=C/CO.C=C(C)CCC/C(C)=C/COC(=O)CC.C=C(C)CCC/C(C)=C\C=O.C=C(C)CCC/C(C)=C\CO.C=C(C)CCC/C(C)=C\COC(=O)CC.[GeH4].[He]. The number of aliphatic hydroxyl groups is 2. The van der Waals surface area contributed by atoms with Crippen molar-refractivity contribution >= 4 is 42.1 Å². The van der Waals surface area contributed by atoms with Crippen LogP contribution in [0, 0.1) is 6.15 Å². The van der Waals surface area contributed by atoms with Crippen LogP contribution in [0.2, 0.25) is 0 Å². The van der Waals surface area contributed by atoms with Gasteiger partial charge in [0.1, 0.15) is 25.8 Å². The molecule has 2 N–H and O–H groups in total. The first kappa shape index (κ1) is 91.9. The number of hydrogen-bond acceptors (Lipinski definition) is 8. The molecule has 0 unspecified atom stereocenters. The van der Waals surface area contributed by atoms with E-state index in [1.165, 1.54) is 55.7 Å². The monoisotopic (exact) mass is 1130 g/mol. The number of allylic oxidation sites excluding steroid dienone is 14. The van der Waals surface area contributed by atoms with Crippen molar-refractivity contribution in [1.82, 2.24) is 0 Å².